The molecule has 0 atom stereocenters. The molecule has 1 aliphatic carbocycles. The molecule has 2 N–H and O–H groups in total. The van der Waals surface area contributed by atoms with Crippen molar-refractivity contribution in [3.63, 3.8) is 0 Å². The molecule has 2 rings (SSSR count). The van der Waals surface area contributed by atoms with Crippen LogP contribution in [-0.2, 0) is 0 Å². The van der Waals surface area contributed by atoms with Gasteiger partial charge in [0.1, 0.15) is 5.82 Å². The number of nitro groups is 1. The molecule has 0 radical (unpaired) electrons. The number of nitrogen functional groups attached to an aromatic ring is 1. The average Bonchev–Trinajstić information content (AvgIpc) is 2.92. The lowest BCUT2D eigenvalue weighted by Crippen LogP contribution is -2.36. The van der Waals surface area contributed by atoms with Crippen LogP contribution < -0.4 is 10.6 Å². The first-order chi connectivity index (χ1) is 9.99. The third-order valence-electron chi connectivity index (χ3n) is 4.06. The van der Waals surface area contributed by atoms with Crippen LogP contribution in [-0.4, -0.2) is 22.5 Å². The van der Waals surface area contributed by atoms with E-state index in [4.69, 9.17) is 5.73 Å². The minimum Gasteiger partial charge on any atom is -0.384 e. The molecule has 1 aromatic heterocycles. The highest BCUT2D eigenvalue weighted by atomic mass is 16.6. The largest absolute Gasteiger partial charge is 0.384 e. The molecule has 1 aliphatic rings. The Bertz CT molecular complexity index is 498. The highest BCUT2D eigenvalue weighted by Gasteiger charge is 2.29. The van der Waals surface area contributed by atoms with E-state index in [1.165, 1.54) is 25.0 Å². The Balaban J connectivity index is 2.34. The lowest BCUT2D eigenvalue weighted by Gasteiger charge is -2.30. The molecule has 0 bridgehead atoms. The summed E-state index contributed by atoms with van der Waals surface area (Å²) in [5, 5.41) is 11.3. The third-order valence-corrected chi connectivity index (χ3v) is 4.06. The summed E-state index contributed by atoms with van der Waals surface area (Å²) in [5.41, 5.74) is 5.82. The molecule has 1 fully saturated rings. The van der Waals surface area contributed by atoms with Crippen LogP contribution in [0.5, 0.6) is 0 Å². The molecule has 0 amide bonds. The molecular formula is C15H24N4O2. The summed E-state index contributed by atoms with van der Waals surface area (Å²) >= 11 is 0. The van der Waals surface area contributed by atoms with E-state index in [9.17, 15) is 10.1 Å². The standard InChI is InChI=1S/C15H24N4O2/c1-11(2)9-10-18(12-5-3-4-6-12)15-13(19(20)21)7-8-14(16)17-15/h7-8,11-12H,3-6,9-10H2,1-2H3,(H2,16,17). The van der Waals surface area contributed by atoms with Gasteiger partial charge in [0.15, 0.2) is 0 Å². The number of rotatable bonds is 6. The van der Waals surface area contributed by atoms with Crippen LogP contribution in [0.3, 0.4) is 0 Å². The van der Waals surface area contributed by atoms with Gasteiger partial charge in [-0.05, 0) is 31.2 Å². The Labute approximate surface area is 125 Å². The van der Waals surface area contributed by atoms with Gasteiger partial charge < -0.3 is 10.6 Å². The van der Waals surface area contributed by atoms with Crippen molar-refractivity contribution >= 4 is 17.3 Å². The Kier molecular flexibility index (Phi) is 4.98. The zero-order valence-electron chi connectivity index (χ0n) is 12.8. The van der Waals surface area contributed by atoms with Crippen molar-refractivity contribution < 1.29 is 4.92 Å². The molecule has 6 nitrogen and oxygen atoms in total. The van der Waals surface area contributed by atoms with E-state index in [0.29, 0.717) is 23.6 Å². The van der Waals surface area contributed by atoms with Crippen molar-refractivity contribution in [1.82, 2.24) is 4.98 Å². The van der Waals surface area contributed by atoms with E-state index in [-0.39, 0.29) is 10.6 Å². The number of pyridine rings is 1. The van der Waals surface area contributed by atoms with E-state index in [0.717, 1.165) is 25.8 Å². The maximum absolute atomic E-state index is 11.3. The first kappa shape index (κ1) is 15.5. The van der Waals surface area contributed by atoms with Crippen LogP contribution in [0.2, 0.25) is 0 Å². The zero-order chi connectivity index (χ0) is 15.4. The lowest BCUT2D eigenvalue weighted by molar-refractivity contribution is -0.384. The van der Waals surface area contributed by atoms with Gasteiger partial charge in [-0.3, -0.25) is 10.1 Å². The van der Waals surface area contributed by atoms with Crippen molar-refractivity contribution in [3.05, 3.63) is 22.2 Å². The third kappa shape index (κ3) is 3.83. The highest BCUT2D eigenvalue weighted by molar-refractivity contribution is 5.61. The highest BCUT2D eigenvalue weighted by Crippen LogP contribution is 2.33. The maximum atomic E-state index is 11.3. The first-order valence-electron chi connectivity index (χ1n) is 7.66. The summed E-state index contributed by atoms with van der Waals surface area (Å²) in [7, 11) is 0. The van der Waals surface area contributed by atoms with Crippen molar-refractivity contribution in [1.29, 1.82) is 0 Å². The molecule has 0 unspecified atom stereocenters. The predicted octanol–water partition coefficient (Wildman–Crippen LogP) is 3.37. The van der Waals surface area contributed by atoms with Crippen molar-refractivity contribution in [2.24, 2.45) is 5.92 Å². The second-order valence-corrected chi connectivity index (χ2v) is 6.15. The molecule has 1 saturated carbocycles. The van der Waals surface area contributed by atoms with E-state index >= 15 is 0 Å². The fourth-order valence-corrected chi connectivity index (χ4v) is 2.88. The van der Waals surface area contributed by atoms with Gasteiger partial charge in [0, 0.05) is 18.7 Å². The van der Waals surface area contributed by atoms with Gasteiger partial charge in [-0.2, -0.15) is 0 Å². The molecule has 0 spiro atoms. The fraction of sp³-hybridized carbons (Fsp3) is 0.667. The van der Waals surface area contributed by atoms with Gasteiger partial charge in [0.25, 0.3) is 0 Å². The van der Waals surface area contributed by atoms with E-state index < -0.39 is 0 Å². The van der Waals surface area contributed by atoms with Gasteiger partial charge in [-0.15, -0.1) is 0 Å². The number of nitrogens with zero attached hydrogens (tertiary/aromatic N) is 3. The molecule has 0 aromatic carbocycles. The second kappa shape index (κ2) is 6.74. The van der Waals surface area contributed by atoms with Crippen molar-refractivity contribution in [3.8, 4) is 0 Å². The molecule has 0 aliphatic heterocycles. The van der Waals surface area contributed by atoms with Crippen LogP contribution in [0.25, 0.3) is 0 Å². The Hall–Kier alpha value is -1.85. The average molecular weight is 292 g/mol. The smallest absolute Gasteiger partial charge is 0.311 e. The van der Waals surface area contributed by atoms with Crippen LogP contribution in [0.1, 0.15) is 46.0 Å². The predicted molar refractivity (Wildman–Crippen MR) is 84.4 cm³/mol. The lowest BCUT2D eigenvalue weighted by atomic mass is 10.1. The van der Waals surface area contributed by atoms with Crippen molar-refractivity contribution in [2.75, 3.05) is 17.2 Å². The summed E-state index contributed by atoms with van der Waals surface area (Å²) in [4.78, 5) is 17.3. The Morgan fingerprint density at radius 3 is 2.67 bits per heavy atom. The number of nitrogens with two attached hydrogens (primary N) is 1. The normalized spacial score (nSPS) is 15.6. The second-order valence-electron chi connectivity index (χ2n) is 6.15. The SMILES string of the molecule is CC(C)CCN(c1nc(N)ccc1[N+](=O)[O-])C1CCCC1. The minimum atomic E-state index is -0.362. The molecule has 116 valence electrons. The van der Waals surface area contributed by atoms with Gasteiger partial charge in [-0.25, -0.2) is 4.98 Å². The summed E-state index contributed by atoms with van der Waals surface area (Å²) in [6, 6.07) is 3.31. The van der Waals surface area contributed by atoms with Gasteiger partial charge >= 0.3 is 5.69 Å². The number of hydrogen-bond acceptors (Lipinski definition) is 5. The Morgan fingerprint density at radius 1 is 1.43 bits per heavy atom. The first-order valence-corrected chi connectivity index (χ1v) is 7.66. The molecule has 6 heteroatoms. The number of aromatic nitrogens is 1. The molecule has 1 aromatic rings. The number of hydrogen-bond donors (Lipinski definition) is 1. The number of anilines is 2. The Morgan fingerprint density at radius 2 is 2.10 bits per heavy atom. The molecule has 0 saturated heterocycles. The monoisotopic (exact) mass is 292 g/mol. The molecule has 1 heterocycles. The minimum absolute atomic E-state index is 0.0554. The van der Waals surface area contributed by atoms with E-state index in [1.54, 1.807) is 0 Å². The summed E-state index contributed by atoms with van der Waals surface area (Å²) < 4.78 is 0. The van der Waals surface area contributed by atoms with Crippen LogP contribution in [0.15, 0.2) is 12.1 Å². The van der Waals surface area contributed by atoms with E-state index in [2.05, 4.69) is 23.7 Å². The quantitative estimate of drug-likeness (QED) is 0.641. The summed E-state index contributed by atoms with van der Waals surface area (Å²) in [5.74, 6) is 1.32. The molecular weight excluding hydrogens is 268 g/mol. The summed E-state index contributed by atoms with van der Waals surface area (Å²) in [6.45, 7) is 5.11. The van der Waals surface area contributed by atoms with Crippen LogP contribution >= 0.6 is 0 Å². The van der Waals surface area contributed by atoms with E-state index in [1.807, 2.05) is 0 Å². The topological polar surface area (TPSA) is 85.3 Å². The zero-order valence-corrected chi connectivity index (χ0v) is 12.8. The molecule has 21 heavy (non-hydrogen) atoms. The van der Waals surface area contributed by atoms with Gasteiger partial charge in [-0.1, -0.05) is 26.7 Å². The van der Waals surface area contributed by atoms with Crippen LogP contribution in [0.4, 0.5) is 17.3 Å². The summed E-state index contributed by atoms with van der Waals surface area (Å²) in [6.07, 6.45) is 5.50. The van der Waals surface area contributed by atoms with Gasteiger partial charge in [0.05, 0.1) is 4.92 Å². The van der Waals surface area contributed by atoms with Crippen LogP contribution in [0, 0.1) is 16.0 Å². The maximum Gasteiger partial charge on any atom is 0.311 e. The van der Waals surface area contributed by atoms with Gasteiger partial charge in [0.2, 0.25) is 5.82 Å². The van der Waals surface area contributed by atoms with Crippen molar-refractivity contribution in [2.45, 2.75) is 52.0 Å². The fourth-order valence-electron chi connectivity index (χ4n) is 2.88.